The molecule has 5 nitrogen and oxygen atoms in total. The first kappa shape index (κ1) is 25.1. The number of rotatable bonds is 3. The number of thiol groups is 1. The third-order valence-corrected chi connectivity index (χ3v) is 10.8. The number of ketones is 1. The van der Waals surface area contributed by atoms with Gasteiger partial charge in [0, 0.05) is 22.7 Å². The van der Waals surface area contributed by atoms with Gasteiger partial charge in [-0.3, -0.25) is 14.4 Å². The summed E-state index contributed by atoms with van der Waals surface area (Å²) in [5.74, 6) is -3.07. The van der Waals surface area contributed by atoms with E-state index in [-0.39, 0.29) is 24.3 Å². The summed E-state index contributed by atoms with van der Waals surface area (Å²) in [5.41, 5.74) is -6.44. The summed E-state index contributed by atoms with van der Waals surface area (Å²) in [4.78, 5) is 38.4. The molecule has 0 aromatic rings. The highest BCUT2D eigenvalue weighted by atomic mass is 32.1. The molecule has 35 heavy (non-hydrogen) atoms. The monoisotopic (exact) mass is 508 g/mol. The fraction of sp³-hybridized carbons (Fsp3) is 0.741. The second-order valence-corrected chi connectivity index (χ2v) is 12.3. The zero-order chi connectivity index (χ0) is 25.6. The molecule has 5 aliphatic rings. The van der Waals surface area contributed by atoms with E-state index in [9.17, 15) is 19.5 Å². The Morgan fingerprint density at radius 2 is 1.83 bits per heavy atom. The fourth-order valence-corrected chi connectivity index (χ4v) is 9.17. The molecule has 1 N–H and O–H groups in total. The highest BCUT2D eigenvalue weighted by molar-refractivity contribution is 7.96. The minimum atomic E-state index is -2.24. The molecule has 4 saturated carbocycles. The normalized spacial score (nSPS) is 49.2. The molecule has 0 heterocycles. The number of aliphatic hydroxyl groups excluding tert-OH is 1. The summed E-state index contributed by atoms with van der Waals surface area (Å²) < 4.78 is 39.0. The first-order chi connectivity index (χ1) is 16.3. The Bertz CT molecular complexity index is 1040. The van der Waals surface area contributed by atoms with Crippen LogP contribution in [0.15, 0.2) is 23.8 Å². The second kappa shape index (κ2) is 7.98. The zero-order valence-corrected chi connectivity index (χ0v) is 21.3. The van der Waals surface area contributed by atoms with Crippen LogP contribution in [0, 0.1) is 34.5 Å². The highest BCUT2D eigenvalue weighted by Gasteiger charge is 2.78. The van der Waals surface area contributed by atoms with E-state index in [1.54, 1.807) is 20.8 Å². The smallest absolute Gasteiger partial charge is 0.309 e. The molecule has 192 valence electrons. The van der Waals surface area contributed by atoms with Crippen molar-refractivity contribution in [2.75, 3.05) is 0 Å². The lowest BCUT2D eigenvalue weighted by Gasteiger charge is -2.63. The van der Waals surface area contributed by atoms with E-state index in [4.69, 9.17) is 4.74 Å². The molecule has 0 aromatic carbocycles. The molecule has 0 radical (unpaired) electrons. The number of alkyl halides is 2. The van der Waals surface area contributed by atoms with E-state index in [1.807, 2.05) is 0 Å². The number of hydrogen-bond donors (Lipinski definition) is 2. The van der Waals surface area contributed by atoms with E-state index in [0.29, 0.717) is 19.3 Å². The van der Waals surface area contributed by atoms with Crippen LogP contribution in [-0.4, -0.2) is 45.5 Å². The van der Waals surface area contributed by atoms with Gasteiger partial charge in [0.25, 0.3) is 0 Å². The highest BCUT2D eigenvalue weighted by Crippen LogP contribution is 2.71. The molecule has 4 fully saturated rings. The van der Waals surface area contributed by atoms with Crippen LogP contribution in [0.25, 0.3) is 0 Å². The molecule has 0 amide bonds. The molecule has 0 saturated heterocycles. The number of carbonyl (C=O) groups excluding carboxylic acids is 3. The predicted octanol–water partition coefficient (Wildman–Crippen LogP) is 4.48. The van der Waals surface area contributed by atoms with E-state index >= 15 is 8.78 Å². The lowest BCUT2D eigenvalue weighted by molar-refractivity contribution is -0.229. The van der Waals surface area contributed by atoms with Gasteiger partial charge in [-0.2, -0.15) is 0 Å². The predicted molar refractivity (Wildman–Crippen MR) is 128 cm³/mol. The summed E-state index contributed by atoms with van der Waals surface area (Å²) in [6, 6.07) is 0. The number of fused-ring (bicyclic) bond motifs is 5. The molecule has 0 spiro atoms. The first-order valence-corrected chi connectivity index (χ1v) is 13.2. The van der Waals surface area contributed by atoms with E-state index in [0.717, 1.165) is 18.9 Å². The summed E-state index contributed by atoms with van der Waals surface area (Å²) in [7, 11) is 0. The molecule has 5 aliphatic carbocycles. The number of halogens is 2. The van der Waals surface area contributed by atoms with Gasteiger partial charge in [-0.1, -0.05) is 32.8 Å². The lowest BCUT2D eigenvalue weighted by atomic mass is 9.44. The Kier molecular flexibility index (Phi) is 5.73. The Balaban J connectivity index is 1.60. The number of carbonyl (C=O) groups is 3. The van der Waals surface area contributed by atoms with Gasteiger partial charge < -0.3 is 9.84 Å². The zero-order valence-electron chi connectivity index (χ0n) is 20.4. The van der Waals surface area contributed by atoms with Gasteiger partial charge in [0.1, 0.15) is 6.17 Å². The SMILES string of the molecule is CC1C[C@H]2[C@@H]3CC(F)C4=CC(=O)C=C[C@]4(C)C3(F)C(O)C[C@]2(C)C1(OC(=O)C1CCCC1)C(=O)S. The summed E-state index contributed by atoms with van der Waals surface area (Å²) in [6.07, 6.45) is 3.90. The van der Waals surface area contributed by atoms with Gasteiger partial charge >= 0.3 is 5.97 Å². The molecule has 0 aromatic heterocycles. The van der Waals surface area contributed by atoms with Crippen LogP contribution < -0.4 is 0 Å². The maximum absolute atomic E-state index is 17.3. The molecule has 5 rings (SSSR count). The average molecular weight is 509 g/mol. The minimum absolute atomic E-state index is 0.0571. The van der Waals surface area contributed by atoms with Crippen LogP contribution >= 0.6 is 12.6 Å². The number of hydrogen-bond acceptors (Lipinski definition) is 5. The van der Waals surface area contributed by atoms with Crippen molar-refractivity contribution >= 4 is 29.5 Å². The van der Waals surface area contributed by atoms with Gasteiger partial charge in [0.15, 0.2) is 17.1 Å². The number of ether oxygens (including phenoxy) is 1. The molecule has 9 atom stereocenters. The lowest BCUT2D eigenvalue weighted by Crippen LogP contribution is -2.70. The van der Waals surface area contributed by atoms with Crippen molar-refractivity contribution < 1.29 is 33.0 Å². The topological polar surface area (TPSA) is 80.7 Å². The van der Waals surface area contributed by atoms with Crippen molar-refractivity contribution in [2.24, 2.45) is 34.5 Å². The Labute approximate surface area is 210 Å². The van der Waals surface area contributed by atoms with Crippen LogP contribution in [0.4, 0.5) is 8.78 Å². The maximum atomic E-state index is 17.3. The second-order valence-electron chi connectivity index (χ2n) is 11.9. The van der Waals surface area contributed by atoms with Crippen molar-refractivity contribution in [2.45, 2.75) is 89.3 Å². The molecule has 8 heteroatoms. The van der Waals surface area contributed by atoms with Crippen molar-refractivity contribution in [3.8, 4) is 0 Å². The van der Waals surface area contributed by atoms with E-state index in [2.05, 4.69) is 12.6 Å². The van der Waals surface area contributed by atoms with Crippen molar-refractivity contribution in [3.05, 3.63) is 23.8 Å². The summed E-state index contributed by atoms with van der Waals surface area (Å²) in [6.45, 7) is 5.11. The molecular formula is C27H34F2O5S. The Morgan fingerprint density at radius 1 is 1.17 bits per heavy atom. The van der Waals surface area contributed by atoms with Crippen LogP contribution in [0.1, 0.15) is 65.7 Å². The third-order valence-electron chi connectivity index (χ3n) is 10.4. The van der Waals surface area contributed by atoms with Gasteiger partial charge in [-0.25, -0.2) is 8.78 Å². The van der Waals surface area contributed by atoms with Gasteiger partial charge in [-0.15, -0.1) is 12.6 Å². The standard InChI is InChI=1S/C27H34F2O5S/c1-14-10-17-18-12-20(28)19-11-16(30)8-9-24(19,2)26(18,29)21(31)13-25(17,3)27(14,23(33)35)34-22(32)15-6-4-5-7-15/h8-9,11,14-15,17-18,20-21,31H,4-7,10,12-13H2,1-3H3,(H,33,35)/t14?,17-,18-,20?,21?,24-,25-,26?,27?/m0/s1. The molecule has 0 bridgehead atoms. The number of esters is 1. The Hall–Kier alpha value is -1.54. The largest absolute Gasteiger partial charge is 0.449 e. The number of allylic oxidation sites excluding steroid dienone is 4. The molecule has 5 unspecified atom stereocenters. The van der Waals surface area contributed by atoms with E-state index < -0.39 is 69.0 Å². The van der Waals surface area contributed by atoms with E-state index in [1.165, 1.54) is 12.2 Å². The van der Waals surface area contributed by atoms with Crippen LogP contribution in [0.2, 0.25) is 0 Å². The maximum Gasteiger partial charge on any atom is 0.309 e. The minimum Gasteiger partial charge on any atom is -0.449 e. The van der Waals surface area contributed by atoms with Crippen molar-refractivity contribution in [1.82, 2.24) is 0 Å². The molecule has 0 aliphatic heterocycles. The fourth-order valence-electron chi connectivity index (χ4n) is 8.64. The Morgan fingerprint density at radius 3 is 2.46 bits per heavy atom. The van der Waals surface area contributed by atoms with Crippen LogP contribution in [-0.2, 0) is 19.1 Å². The average Bonchev–Trinajstić information content (AvgIpc) is 3.39. The van der Waals surface area contributed by atoms with Gasteiger partial charge in [0.05, 0.1) is 12.0 Å². The third kappa shape index (κ3) is 3.04. The summed E-state index contributed by atoms with van der Waals surface area (Å²) in [5, 5.41) is 10.8. The first-order valence-electron chi connectivity index (χ1n) is 12.8. The van der Waals surface area contributed by atoms with Crippen molar-refractivity contribution in [3.63, 3.8) is 0 Å². The quantitative estimate of drug-likeness (QED) is 0.434. The van der Waals surface area contributed by atoms with Crippen molar-refractivity contribution in [1.29, 1.82) is 0 Å². The van der Waals surface area contributed by atoms with Gasteiger partial charge in [0.2, 0.25) is 5.12 Å². The van der Waals surface area contributed by atoms with Crippen LogP contribution in [0.3, 0.4) is 0 Å². The van der Waals surface area contributed by atoms with Gasteiger partial charge in [-0.05, 0) is 62.7 Å². The summed E-state index contributed by atoms with van der Waals surface area (Å²) >= 11 is 4.19. The number of aliphatic hydroxyl groups is 1. The molecular weight excluding hydrogens is 474 g/mol. The van der Waals surface area contributed by atoms with Crippen LogP contribution in [0.5, 0.6) is 0 Å².